The molecule has 6 nitrogen and oxygen atoms in total. The number of hydrogen-bond donors (Lipinski definition) is 2. The van der Waals surface area contributed by atoms with Gasteiger partial charge in [0, 0.05) is 5.69 Å². The van der Waals surface area contributed by atoms with Gasteiger partial charge in [-0.05, 0) is 48.4 Å². The Kier molecular flexibility index (Phi) is 6.75. The van der Waals surface area contributed by atoms with E-state index >= 15 is 0 Å². The second kappa shape index (κ2) is 8.62. The average molecular weight is 418 g/mol. The fourth-order valence-corrected chi connectivity index (χ4v) is 3.94. The molecule has 0 fully saturated rings. The first kappa shape index (κ1) is 20.4. The molecule has 2 N–H and O–H groups in total. The highest BCUT2D eigenvalue weighted by molar-refractivity contribution is 7.92. The van der Waals surface area contributed by atoms with Crippen LogP contribution in [-0.4, -0.2) is 25.2 Å². The smallest absolute Gasteiger partial charge is 0.307 e. The van der Waals surface area contributed by atoms with Crippen LogP contribution in [0.15, 0.2) is 36.4 Å². The molecule has 0 aliphatic heterocycles. The SMILES string of the molecule is CCCS(=O)(=O)Nc1ccc(Oc2c(Cl)cc(CC(=O)O)cc2Cl)cc1. The summed E-state index contributed by atoms with van der Waals surface area (Å²) in [6, 6.07) is 9.21. The van der Waals surface area contributed by atoms with Gasteiger partial charge in [-0.3, -0.25) is 9.52 Å². The number of sulfonamides is 1. The molecule has 0 aromatic heterocycles. The molecule has 0 spiro atoms. The number of aliphatic carboxylic acids is 1. The van der Waals surface area contributed by atoms with Gasteiger partial charge in [-0.15, -0.1) is 0 Å². The lowest BCUT2D eigenvalue weighted by Crippen LogP contribution is -2.15. The second-order valence-electron chi connectivity index (χ2n) is 5.51. The Bertz CT molecular complexity index is 875. The number of anilines is 1. The minimum Gasteiger partial charge on any atom is -0.481 e. The van der Waals surface area contributed by atoms with Gasteiger partial charge in [0.15, 0.2) is 5.75 Å². The van der Waals surface area contributed by atoms with E-state index in [1.165, 1.54) is 12.1 Å². The third-order valence-electron chi connectivity index (χ3n) is 3.23. The van der Waals surface area contributed by atoms with Crippen molar-refractivity contribution < 1.29 is 23.1 Å². The third kappa shape index (κ3) is 5.79. The molecule has 0 heterocycles. The molecule has 0 saturated heterocycles. The summed E-state index contributed by atoms with van der Waals surface area (Å²) in [6.45, 7) is 1.78. The molecular formula is C17H17Cl2NO5S. The highest BCUT2D eigenvalue weighted by atomic mass is 35.5. The summed E-state index contributed by atoms with van der Waals surface area (Å²) >= 11 is 12.3. The lowest BCUT2D eigenvalue weighted by Gasteiger charge is -2.12. The van der Waals surface area contributed by atoms with E-state index < -0.39 is 16.0 Å². The quantitative estimate of drug-likeness (QED) is 0.656. The molecule has 0 aliphatic rings. The number of carboxylic acids is 1. The maximum absolute atomic E-state index is 11.8. The number of nitrogens with one attached hydrogen (secondary N) is 1. The average Bonchev–Trinajstić information content (AvgIpc) is 2.51. The summed E-state index contributed by atoms with van der Waals surface area (Å²) in [4.78, 5) is 10.8. The van der Waals surface area contributed by atoms with Crippen LogP contribution in [0.3, 0.4) is 0 Å². The van der Waals surface area contributed by atoms with Gasteiger partial charge >= 0.3 is 5.97 Å². The standard InChI is InChI=1S/C17H17Cl2NO5S/c1-2-7-26(23,24)20-12-3-5-13(6-4-12)25-17-14(18)8-11(9-15(17)19)10-16(21)22/h3-6,8-9,20H,2,7,10H2,1H3,(H,21,22). The number of halogens is 2. The van der Waals surface area contributed by atoms with Crippen LogP contribution < -0.4 is 9.46 Å². The number of hydrogen-bond acceptors (Lipinski definition) is 4. The van der Waals surface area contributed by atoms with E-state index in [4.69, 9.17) is 33.0 Å². The third-order valence-corrected chi connectivity index (χ3v) is 5.29. The van der Waals surface area contributed by atoms with Gasteiger partial charge in [0.1, 0.15) is 5.75 Å². The van der Waals surface area contributed by atoms with Crippen molar-refractivity contribution in [2.24, 2.45) is 0 Å². The predicted molar refractivity (Wildman–Crippen MR) is 102 cm³/mol. The molecule has 26 heavy (non-hydrogen) atoms. The van der Waals surface area contributed by atoms with Crippen LogP contribution in [0.5, 0.6) is 11.5 Å². The van der Waals surface area contributed by atoms with E-state index in [9.17, 15) is 13.2 Å². The van der Waals surface area contributed by atoms with Gasteiger partial charge in [-0.25, -0.2) is 8.42 Å². The first-order valence-corrected chi connectivity index (χ1v) is 10.1. The Morgan fingerprint density at radius 3 is 2.23 bits per heavy atom. The van der Waals surface area contributed by atoms with Crippen LogP contribution in [-0.2, 0) is 21.2 Å². The van der Waals surface area contributed by atoms with Gasteiger partial charge in [-0.1, -0.05) is 30.1 Å². The minimum atomic E-state index is -3.37. The van der Waals surface area contributed by atoms with Crippen LogP contribution in [0.25, 0.3) is 0 Å². The summed E-state index contributed by atoms with van der Waals surface area (Å²) < 4.78 is 31.6. The van der Waals surface area contributed by atoms with Crippen molar-refractivity contribution in [3.63, 3.8) is 0 Å². The molecule has 2 rings (SSSR count). The largest absolute Gasteiger partial charge is 0.481 e. The maximum Gasteiger partial charge on any atom is 0.307 e. The number of benzene rings is 2. The van der Waals surface area contributed by atoms with Crippen molar-refractivity contribution in [1.29, 1.82) is 0 Å². The number of carboxylic acid groups (broad SMARTS) is 1. The normalized spacial score (nSPS) is 11.2. The van der Waals surface area contributed by atoms with E-state index in [2.05, 4.69) is 4.72 Å². The van der Waals surface area contributed by atoms with E-state index in [-0.39, 0.29) is 28.0 Å². The van der Waals surface area contributed by atoms with E-state index in [0.717, 1.165) is 0 Å². The lowest BCUT2D eigenvalue weighted by molar-refractivity contribution is -0.136. The number of ether oxygens (including phenoxy) is 1. The maximum atomic E-state index is 11.8. The van der Waals surface area contributed by atoms with Crippen LogP contribution in [0.2, 0.25) is 10.0 Å². The summed E-state index contributed by atoms with van der Waals surface area (Å²) in [5, 5.41) is 9.19. The van der Waals surface area contributed by atoms with Gasteiger partial charge in [0.25, 0.3) is 0 Å². The highest BCUT2D eigenvalue weighted by Gasteiger charge is 2.13. The Morgan fingerprint density at radius 1 is 1.15 bits per heavy atom. The zero-order chi connectivity index (χ0) is 19.3. The molecular weight excluding hydrogens is 401 g/mol. The number of rotatable bonds is 8. The topological polar surface area (TPSA) is 92.7 Å². The Hall–Kier alpha value is -1.96. The molecule has 9 heteroatoms. The summed E-state index contributed by atoms with van der Waals surface area (Å²) in [5.41, 5.74) is 0.875. The number of carbonyl (C=O) groups is 1. The van der Waals surface area contributed by atoms with Gasteiger partial charge in [0.05, 0.1) is 22.2 Å². The fraction of sp³-hybridized carbons (Fsp3) is 0.235. The van der Waals surface area contributed by atoms with E-state index in [0.29, 0.717) is 23.4 Å². The van der Waals surface area contributed by atoms with Gasteiger partial charge < -0.3 is 9.84 Å². The summed E-state index contributed by atoms with van der Waals surface area (Å²) in [5.74, 6) is -0.356. The molecule has 0 aliphatic carbocycles. The van der Waals surface area contributed by atoms with Crippen molar-refractivity contribution in [2.45, 2.75) is 19.8 Å². The van der Waals surface area contributed by atoms with E-state index in [1.54, 1.807) is 31.2 Å². The molecule has 2 aromatic carbocycles. The van der Waals surface area contributed by atoms with Crippen LogP contribution >= 0.6 is 23.2 Å². The molecule has 0 saturated carbocycles. The fourth-order valence-electron chi connectivity index (χ4n) is 2.19. The van der Waals surface area contributed by atoms with Crippen molar-refractivity contribution >= 4 is 44.9 Å². The van der Waals surface area contributed by atoms with Crippen LogP contribution in [0.4, 0.5) is 5.69 Å². The van der Waals surface area contributed by atoms with Crippen molar-refractivity contribution in [1.82, 2.24) is 0 Å². The zero-order valence-electron chi connectivity index (χ0n) is 13.8. The molecule has 0 radical (unpaired) electrons. The second-order valence-corrected chi connectivity index (χ2v) is 8.16. The lowest BCUT2D eigenvalue weighted by atomic mass is 10.1. The summed E-state index contributed by atoms with van der Waals surface area (Å²) in [7, 11) is -3.37. The Balaban J connectivity index is 2.15. The van der Waals surface area contributed by atoms with Crippen LogP contribution in [0.1, 0.15) is 18.9 Å². The highest BCUT2D eigenvalue weighted by Crippen LogP contribution is 2.37. The molecule has 0 amide bonds. The van der Waals surface area contributed by atoms with Gasteiger partial charge in [0.2, 0.25) is 10.0 Å². The van der Waals surface area contributed by atoms with Gasteiger partial charge in [-0.2, -0.15) is 0 Å². The van der Waals surface area contributed by atoms with Crippen molar-refractivity contribution in [3.8, 4) is 11.5 Å². The molecule has 2 aromatic rings. The van der Waals surface area contributed by atoms with Crippen molar-refractivity contribution in [3.05, 3.63) is 52.0 Å². The van der Waals surface area contributed by atoms with Crippen LogP contribution in [0, 0.1) is 0 Å². The summed E-state index contributed by atoms with van der Waals surface area (Å²) in [6.07, 6.45) is 0.317. The Morgan fingerprint density at radius 2 is 1.73 bits per heavy atom. The Labute approximate surface area is 161 Å². The molecule has 0 bridgehead atoms. The molecule has 0 unspecified atom stereocenters. The predicted octanol–water partition coefficient (Wildman–Crippen LogP) is 4.56. The monoisotopic (exact) mass is 417 g/mol. The van der Waals surface area contributed by atoms with E-state index in [1.807, 2.05) is 0 Å². The molecule has 140 valence electrons. The first-order chi connectivity index (χ1) is 12.2. The zero-order valence-corrected chi connectivity index (χ0v) is 16.2. The molecule has 0 atom stereocenters. The first-order valence-electron chi connectivity index (χ1n) is 7.68. The minimum absolute atomic E-state index is 0.0408. The van der Waals surface area contributed by atoms with Crippen molar-refractivity contribution in [2.75, 3.05) is 10.5 Å².